The van der Waals surface area contributed by atoms with E-state index in [1.807, 2.05) is 11.8 Å². The van der Waals surface area contributed by atoms with Crippen molar-refractivity contribution in [2.75, 3.05) is 18.0 Å². The fourth-order valence-corrected chi connectivity index (χ4v) is 2.26. The predicted molar refractivity (Wildman–Crippen MR) is 62.3 cm³/mol. The molecule has 18 heavy (non-hydrogen) atoms. The number of hydrogen-bond acceptors (Lipinski definition) is 6. The molecule has 1 N–H and O–H groups in total. The smallest absolute Gasteiger partial charge is 0.303 e. The van der Waals surface area contributed by atoms with Gasteiger partial charge in [0.05, 0.1) is 12.1 Å². The fraction of sp³-hybridized carbons (Fsp3) is 0.455. The molecular formula is C11H12N4O3. The summed E-state index contributed by atoms with van der Waals surface area (Å²) in [6.07, 6.45) is 1.64. The van der Waals surface area contributed by atoms with Crippen LogP contribution >= 0.6 is 0 Å². The highest BCUT2D eigenvalue weighted by atomic mass is 16.5. The maximum absolute atomic E-state index is 10.6. The summed E-state index contributed by atoms with van der Waals surface area (Å²) in [4.78, 5) is 20.9. The Balaban J connectivity index is 1.84. The van der Waals surface area contributed by atoms with Gasteiger partial charge >= 0.3 is 5.97 Å². The first-order chi connectivity index (χ1) is 8.65. The average molecular weight is 248 g/mol. The minimum atomic E-state index is -0.756. The first-order valence-electron chi connectivity index (χ1n) is 5.69. The average Bonchev–Trinajstić information content (AvgIpc) is 2.65. The highest BCUT2D eigenvalue weighted by molar-refractivity contribution is 5.88. The molecule has 0 spiro atoms. The van der Waals surface area contributed by atoms with Crippen molar-refractivity contribution in [1.82, 2.24) is 15.1 Å². The molecule has 0 aliphatic carbocycles. The minimum Gasteiger partial charge on any atom is -0.481 e. The standard InChI is InChI=1S/C11H12N4O3/c1-6-9-10(12-5-13-11(9)18-14-6)15-3-7(4-15)2-8(16)17/h5,7H,2-4H2,1H3,(H,16,17). The van der Waals surface area contributed by atoms with Crippen LogP contribution in [0.4, 0.5) is 5.82 Å². The Morgan fingerprint density at radius 1 is 1.56 bits per heavy atom. The van der Waals surface area contributed by atoms with Crippen LogP contribution < -0.4 is 4.90 Å². The number of fused-ring (bicyclic) bond motifs is 1. The van der Waals surface area contributed by atoms with Gasteiger partial charge in [-0.15, -0.1) is 0 Å². The van der Waals surface area contributed by atoms with Gasteiger partial charge in [-0.25, -0.2) is 4.98 Å². The predicted octanol–water partition coefficient (Wildman–Crippen LogP) is 0.837. The van der Waals surface area contributed by atoms with Crippen molar-refractivity contribution in [3.05, 3.63) is 12.0 Å². The van der Waals surface area contributed by atoms with Gasteiger partial charge in [0.2, 0.25) is 0 Å². The number of carboxylic acids is 1. The number of carboxylic acid groups (broad SMARTS) is 1. The van der Waals surface area contributed by atoms with Gasteiger partial charge in [0.15, 0.2) is 0 Å². The second-order valence-corrected chi connectivity index (χ2v) is 4.51. The van der Waals surface area contributed by atoms with Crippen LogP contribution in [-0.2, 0) is 4.79 Å². The van der Waals surface area contributed by atoms with Gasteiger partial charge in [0, 0.05) is 19.0 Å². The number of nitrogens with zero attached hydrogens (tertiary/aromatic N) is 4. The molecule has 7 nitrogen and oxygen atoms in total. The lowest BCUT2D eigenvalue weighted by Gasteiger charge is -2.39. The molecule has 1 fully saturated rings. The molecule has 3 rings (SSSR count). The van der Waals surface area contributed by atoms with Gasteiger partial charge in [-0.05, 0) is 6.92 Å². The first-order valence-corrected chi connectivity index (χ1v) is 5.69. The Morgan fingerprint density at radius 2 is 2.33 bits per heavy atom. The molecule has 0 unspecified atom stereocenters. The topological polar surface area (TPSA) is 92.4 Å². The van der Waals surface area contributed by atoms with Crippen LogP contribution in [0.2, 0.25) is 0 Å². The lowest BCUT2D eigenvalue weighted by molar-refractivity contribution is -0.138. The van der Waals surface area contributed by atoms with E-state index >= 15 is 0 Å². The van der Waals surface area contributed by atoms with Crippen molar-refractivity contribution in [2.24, 2.45) is 5.92 Å². The number of rotatable bonds is 3. The SMILES string of the molecule is Cc1noc2ncnc(N3CC(CC(=O)O)C3)c12. The Kier molecular flexibility index (Phi) is 2.39. The third kappa shape index (κ3) is 1.68. The van der Waals surface area contributed by atoms with Crippen LogP contribution in [-0.4, -0.2) is 39.3 Å². The number of aromatic nitrogens is 3. The monoisotopic (exact) mass is 248 g/mol. The highest BCUT2D eigenvalue weighted by Gasteiger charge is 2.31. The normalized spacial score (nSPS) is 15.9. The molecule has 0 aromatic carbocycles. The van der Waals surface area contributed by atoms with Crippen molar-refractivity contribution in [2.45, 2.75) is 13.3 Å². The molecule has 1 aliphatic heterocycles. The summed E-state index contributed by atoms with van der Waals surface area (Å²) in [5, 5.41) is 13.4. The van der Waals surface area contributed by atoms with Gasteiger partial charge in [-0.3, -0.25) is 4.79 Å². The second kappa shape index (κ2) is 3.94. The fourth-order valence-electron chi connectivity index (χ4n) is 2.26. The van der Waals surface area contributed by atoms with Crippen molar-refractivity contribution < 1.29 is 14.4 Å². The highest BCUT2D eigenvalue weighted by Crippen LogP contribution is 2.31. The van der Waals surface area contributed by atoms with E-state index in [9.17, 15) is 4.79 Å². The molecule has 0 amide bonds. The van der Waals surface area contributed by atoms with E-state index in [1.165, 1.54) is 6.33 Å². The molecular weight excluding hydrogens is 236 g/mol. The van der Waals surface area contributed by atoms with Crippen LogP contribution in [0.3, 0.4) is 0 Å². The van der Waals surface area contributed by atoms with Crippen molar-refractivity contribution in [1.29, 1.82) is 0 Å². The summed E-state index contributed by atoms with van der Waals surface area (Å²) in [5.41, 5.74) is 1.22. The molecule has 1 saturated heterocycles. The first kappa shape index (κ1) is 10.9. The van der Waals surface area contributed by atoms with E-state index in [0.29, 0.717) is 18.8 Å². The van der Waals surface area contributed by atoms with E-state index in [0.717, 1.165) is 16.9 Å². The maximum Gasteiger partial charge on any atom is 0.303 e. The Morgan fingerprint density at radius 3 is 3.06 bits per heavy atom. The van der Waals surface area contributed by atoms with E-state index < -0.39 is 5.97 Å². The third-order valence-corrected chi connectivity index (χ3v) is 3.14. The molecule has 2 aromatic heterocycles. The minimum absolute atomic E-state index is 0.188. The van der Waals surface area contributed by atoms with Crippen molar-refractivity contribution in [3.8, 4) is 0 Å². The van der Waals surface area contributed by atoms with Gasteiger partial charge in [0.1, 0.15) is 17.5 Å². The van der Waals surface area contributed by atoms with E-state index in [4.69, 9.17) is 9.63 Å². The zero-order valence-electron chi connectivity index (χ0n) is 9.83. The van der Waals surface area contributed by atoms with Gasteiger partial charge in [0.25, 0.3) is 5.71 Å². The van der Waals surface area contributed by atoms with Crippen molar-refractivity contribution in [3.63, 3.8) is 0 Å². The number of aryl methyl sites for hydroxylation is 1. The molecule has 3 heterocycles. The lowest BCUT2D eigenvalue weighted by atomic mass is 9.96. The summed E-state index contributed by atoms with van der Waals surface area (Å²) in [6.45, 7) is 3.24. The molecule has 0 saturated carbocycles. The number of carbonyl (C=O) groups is 1. The van der Waals surface area contributed by atoms with Crippen molar-refractivity contribution >= 4 is 22.9 Å². The lowest BCUT2D eigenvalue weighted by Crippen LogP contribution is -2.48. The van der Waals surface area contributed by atoms with Crippen LogP contribution in [0, 0.1) is 12.8 Å². The van der Waals surface area contributed by atoms with Gasteiger partial charge in [-0.2, -0.15) is 4.98 Å². The van der Waals surface area contributed by atoms with Crippen LogP contribution in [0.5, 0.6) is 0 Å². The Labute approximate surface area is 102 Å². The van der Waals surface area contributed by atoms with Crippen LogP contribution in [0.1, 0.15) is 12.1 Å². The summed E-state index contributed by atoms with van der Waals surface area (Å²) in [7, 11) is 0. The van der Waals surface area contributed by atoms with E-state index in [-0.39, 0.29) is 12.3 Å². The molecule has 0 bridgehead atoms. The molecule has 0 radical (unpaired) electrons. The molecule has 0 atom stereocenters. The largest absolute Gasteiger partial charge is 0.481 e. The van der Waals surface area contributed by atoms with E-state index in [1.54, 1.807) is 0 Å². The summed E-state index contributed by atoms with van der Waals surface area (Å²) < 4.78 is 5.08. The molecule has 7 heteroatoms. The third-order valence-electron chi connectivity index (χ3n) is 3.14. The van der Waals surface area contributed by atoms with Gasteiger partial charge in [-0.1, -0.05) is 5.16 Å². The van der Waals surface area contributed by atoms with Gasteiger partial charge < -0.3 is 14.5 Å². The molecule has 1 aliphatic rings. The van der Waals surface area contributed by atoms with Crippen LogP contribution in [0.25, 0.3) is 11.1 Å². The number of hydrogen-bond donors (Lipinski definition) is 1. The quantitative estimate of drug-likeness (QED) is 0.860. The second-order valence-electron chi connectivity index (χ2n) is 4.51. The van der Waals surface area contributed by atoms with E-state index in [2.05, 4.69) is 15.1 Å². The Bertz CT molecular complexity index is 603. The summed E-state index contributed by atoms with van der Waals surface area (Å²) >= 11 is 0. The molecule has 94 valence electrons. The maximum atomic E-state index is 10.6. The zero-order valence-corrected chi connectivity index (χ0v) is 9.83. The summed E-state index contributed by atoms with van der Waals surface area (Å²) in [5.74, 6) is 0.210. The summed E-state index contributed by atoms with van der Waals surface area (Å²) in [6, 6.07) is 0. The molecule has 2 aromatic rings. The van der Waals surface area contributed by atoms with Crippen LogP contribution in [0.15, 0.2) is 10.9 Å². The number of anilines is 1. The number of aliphatic carboxylic acids is 1. The Hall–Kier alpha value is -2.18. The zero-order chi connectivity index (χ0) is 12.7.